The van der Waals surface area contributed by atoms with Crippen molar-refractivity contribution >= 4 is 17.4 Å². The smallest absolute Gasteiger partial charge is 0.272 e. The molecule has 25 heavy (non-hydrogen) atoms. The number of anilines is 2. The molecule has 1 aromatic carbocycles. The van der Waals surface area contributed by atoms with Gasteiger partial charge in [0.2, 0.25) is 0 Å². The van der Waals surface area contributed by atoms with E-state index < -0.39 is 11.6 Å². The highest BCUT2D eigenvalue weighted by Crippen LogP contribution is 2.18. The molecule has 2 heterocycles. The number of amides is 1. The van der Waals surface area contributed by atoms with E-state index in [-0.39, 0.29) is 11.6 Å². The molecule has 0 saturated carbocycles. The fraction of sp³-hybridized carbons (Fsp3) is 0.353. The molecule has 0 spiro atoms. The molecule has 1 saturated heterocycles. The van der Waals surface area contributed by atoms with E-state index in [2.05, 4.69) is 27.1 Å². The molecule has 8 heteroatoms. The van der Waals surface area contributed by atoms with Crippen molar-refractivity contribution in [2.45, 2.75) is 6.92 Å². The van der Waals surface area contributed by atoms with Crippen molar-refractivity contribution in [3.05, 3.63) is 47.9 Å². The normalized spacial score (nSPS) is 15.2. The number of hydrogen-bond donors (Lipinski definition) is 1. The van der Waals surface area contributed by atoms with Crippen LogP contribution in [0, 0.1) is 11.6 Å². The average molecular weight is 347 g/mol. The lowest BCUT2D eigenvalue weighted by Gasteiger charge is -2.33. The van der Waals surface area contributed by atoms with Crippen LogP contribution >= 0.6 is 0 Å². The third kappa shape index (κ3) is 4.08. The minimum Gasteiger partial charge on any atom is -0.340 e. The molecular weight excluding hydrogens is 328 g/mol. The quantitative estimate of drug-likeness (QED) is 0.919. The maximum atomic E-state index is 13.3. The molecule has 0 aliphatic carbocycles. The number of piperazine rings is 1. The summed E-state index contributed by atoms with van der Waals surface area (Å²) >= 11 is 0. The summed E-state index contributed by atoms with van der Waals surface area (Å²) in [5.41, 5.74) is 0.609. The van der Waals surface area contributed by atoms with E-state index in [1.54, 1.807) is 4.90 Å². The van der Waals surface area contributed by atoms with Crippen LogP contribution in [0.4, 0.5) is 20.3 Å². The van der Waals surface area contributed by atoms with Crippen LogP contribution in [-0.2, 0) is 0 Å². The SMILES string of the molecule is CCN1CCN(C(=O)c2cc(Nc3ccc(F)c(F)c3)ncn2)CC1. The first-order chi connectivity index (χ1) is 12.1. The van der Waals surface area contributed by atoms with Gasteiger partial charge in [-0.25, -0.2) is 18.7 Å². The molecule has 1 aliphatic heterocycles. The summed E-state index contributed by atoms with van der Waals surface area (Å²) in [4.78, 5) is 24.7. The second-order valence-electron chi connectivity index (χ2n) is 5.77. The number of nitrogens with zero attached hydrogens (tertiary/aromatic N) is 4. The number of hydrogen-bond acceptors (Lipinski definition) is 5. The van der Waals surface area contributed by atoms with Crippen molar-refractivity contribution in [3.63, 3.8) is 0 Å². The van der Waals surface area contributed by atoms with E-state index in [0.29, 0.717) is 24.6 Å². The number of rotatable bonds is 4. The van der Waals surface area contributed by atoms with Crippen LogP contribution in [0.25, 0.3) is 0 Å². The highest BCUT2D eigenvalue weighted by atomic mass is 19.2. The summed E-state index contributed by atoms with van der Waals surface area (Å²) in [6, 6.07) is 4.96. The molecular formula is C17H19F2N5O. The number of carbonyl (C=O) groups is 1. The Morgan fingerprint density at radius 3 is 2.56 bits per heavy atom. The Balaban J connectivity index is 1.70. The Hall–Kier alpha value is -2.61. The van der Waals surface area contributed by atoms with Crippen LogP contribution in [-0.4, -0.2) is 58.4 Å². The largest absolute Gasteiger partial charge is 0.340 e. The topological polar surface area (TPSA) is 61.4 Å². The first-order valence-corrected chi connectivity index (χ1v) is 8.12. The van der Waals surface area contributed by atoms with Crippen LogP contribution in [0.15, 0.2) is 30.6 Å². The van der Waals surface area contributed by atoms with Crippen molar-refractivity contribution in [2.24, 2.45) is 0 Å². The van der Waals surface area contributed by atoms with Gasteiger partial charge in [-0.05, 0) is 18.7 Å². The van der Waals surface area contributed by atoms with Gasteiger partial charge in [0.05, 0.1) is 0 Å². The monoisotopic (exact) mass is 347 g/mol. The van der Waals surface area contributed by atoms with Gasteiger partial charge in [-0.15, -0.1) is 0 Å². The van der Waals surface area contributed by atoms with Gasteiger partial charge in [-0.3, -0.25) is 4.79 Å². The summed E-state index contributed by atoms with van der Waals surface area (Å²) in [5, 5.41) is 2.85. The second kappa shape index (κ2) is 7.52. The molecule has 1 aromatic heterocycles. The predicted octanol–water partition coefficient (Wildman–Crippen LogP) is 2.28. The lowest BCUT2D eigenvalue weighted by Crippen LogP contribution is -2.48. The lowest BCUT2D eigenvalue weighted by molar-refractivity contribution is 0.0637. The van der Waals surface area contributed by atoms with Gasteiger partial charge in [0, 0.05) is 44.0 Å². The van der Waals surface area contributed by atoms with Crippen molar-refractivity contribution in [1.29, 1.82) is 0 Å². The zero-order chi connectivity index (χ0) is 17.8. The highest BCUT2D eigenvalue weighted by molar-refractivity contribution is 5.93. The first-order valence-electron chi connectivity index (χ1n) is 8.12. The summed E-state index contributed by atoms with van der Waals surface area (Å²) in [7, 11) is 0. The van der Waals surface area contributed by atoms with Crippen molar-refractivity contribution in [3.8, 4) is 0 Å². The lowest BCUT2D eigenvalue weighted by atomic mass is 10.2. The van der Waals surface area contributed by atoms with Crippen molar-refractivity contribution < 1.29 is 13.6 Å². The summed E-state index contributed by atoms with van der Waals surface area (Å²) in [6.45, 7) is 6.06. The van der Waals surface area contributed by atoms with Gasteiger partial charge in [-0.2, -0.15) is 0 Å². The van der Waals surface area contributed by atoms with E-state index >= 15 is 0 Å². The number of benzene rings is 1. The van der Waals surface area contributed by atoms with Gasteiger partial charge in [0.1, 0.15) is 17.8 Å². The molecule has 132 valence electrons. The van der Waals surface area contributed by atoms with Crippen LogP contribution in [0.1, 0.15) is 17.4 Å². The van der Waals surface area contributed by atoms with Gasteiger partial charge in [-0.1, -0.05) is 6.92 Å². The Labute approximate surface area is 144 Å². The van der Waals surface area contributed by atoms with Gasteiger partial charge >= 0.3 is 0 Å². The van der Waals surface area contributed by atoms with Crippen LogP contribution < -0.4 is 5.32 Å². The van der Waals surface area contributed by atoms with Crippen LogP contribution in [0.5, 0.6) is 0 Å². The first kappa shape index (κ1) is 17.2. The van der Waals surface area contributed by atoms with Gasteiger partial charge in [0.25, 0.3) is 5.91 Å². The van der Waals surface area contributed by atoms with Crippen molar-refractivity contribution in [2.75, 3.05) is 38.0 Å². The maximum Gasteiger partial charge on any atom is 0.272 e. The van der Waals surface area contributed by atoms with Crippen molar-refractivity contribution in [1.82, 2.24) is 19.8 Å². The molecule has 0 atom stereocenters. The molecule has 0 radical (unpaired) electrons. The minimum atomic E-state index is -0.954. The molecule has 2 aromatic rings. The molecule has 3 rings (SSSR count). The van der Waals surface area contributed by atoms with Gasteiger partial charge in [0.15, 0.2) is 11.6 Å². The fourth-order valence-electron chi connectivity index (χ4n) is 2.69. The number of likely N-dealkylation sites (N-methyl/N-ethyl adjacent to an activating group) is 1. The molecule has 1 N–H and O–H groups in total. The molecule has 1 aliphatic rings. The zero-order valence-corrected chi connectivity index (χ0v) is 13.9. The zero-order valence-electron chi connectivity index (χ0n) is 13.9. The van der Waals surface area contributed by atoms with E-state index in [9.17, 15) is 13.6 Å². The molecule has 1 amide bonds. The maximum absolute atomic E-state index is 13.3. The van der Waals surface area contributed by atoms with E-state index in [1.807, 2.05) is 0 Å². The predicted molar refractivity (Wildman–Crippen MR) is 89.7 cm³/mol. The highest BCUT2D eigenvalue weighted by Gasteiger charge is 2.22. The Morgan fingerprint density at radius 1 is 1.12 bits per heavy atom. The average Bonchev–Trinajstić information content (AvgIpc) is 2.64. The standard InChI is InChI=1S/C17H19F2N5O/c1-2-23-5-7-24(8-6-23)17(25)15-10-16(21-11-20-15)22-12-3-4-13(18)14(19)9-12/h3-4,9-11H,2,5-8H2,1H3,(H,20,21,22). The van der Waals surface area contributed by atoms with E-state index in [0.717, 1.165) is 31.8 Å². The molecule has 1 fully saturated rings. The Bertz CT molecular complexity index is 762. The second-order valence-corrected chi connectivity index (χ2v) is 5.77. The number of nitrogens with one attached hydrogen (secondary N) is 1. The van der Waals surface area contributed by atoms with Gasteiger partial charge < -0.3 is 15.1 Å². The minimum absolute atomic E-state index is 0.161. The molecule has 6 nitrogen and oxygen atoms in total. The van der Waals surface area contributed by atoms with E-state index in [4.69, 9.17) is 0 Å². The van der Waals surface area contributed by atoms with E-state index in [1.165, 1.54) is 18.5 Å². The molecule has 0 unspecified atom stereocenters. The van der Waals surface area contributed by atoms with Crippen LogP contribution in [0.2, 0.25) is 0 Å². The number of carbonyl (C=O) groups excluding carboxylic acids is 1. The Kier molecular flexibility index (Phi) is 5.18. The molecule has 0 bridgehead atoms. The number of halogens is 2. The third-order valence-electron chi connectivity index (χ3n) is 4.18. The summed E-state index contributed by atoms with van der Waals surface area (Å²) in [5.74, 6) is -1.69. The summed E-state index contributed by atoms with van der Waals surface area (Å²) < 4.78 is 26.3. The Morgan fingerprint density at radius 2 is 1.88 bits per heavy atom. The third-order valence-corrected chi connectivity index (χ3v) is 4.18. The fourth-order valence-corrected chi connectivity index (χ4v) is 2.69. The number of aromatic nitrogens is 2. The summed E-state index contributed by atoms with van der Waals surface area (Å²) in [6.07, 6.45) is 1.28. The van der Waals surface area contributed by atoms with Crippen LogP contribution in [0.3, 0.4) is 0 Å².